The Kier molecular flexibility index (Phi) is 4.83. The van der Waals surface area contributed by atoms with Gasteiger partial charge in [0.2, 0.25) is 11.8 Å². The highest BCUT2D eigenvalue weighted by Gasteiger charge is 2.47. The van der Waals surface area contributed by atoms with Gasteiger partial charge in [-0.15, -0.1) is 0 Å². The SMILES string of the molecule is CC[C@H](C)[C@@H]1NC(=O)[C@@H]2C[C@H](NCc3cccc4ncccc34)CN2C1=O. The Balaban J connectivity index is 1.45. The van der Waals surface area contributed by atoms with Crippen LogP contribution in [-0.4, -0.2) is 46.4 Å². The molecule has 0 bridgehead atoms. The minimum Gasteiger partial charge on any atom is -0.342 e. The van der Waals surface area contributed by atoms with Crippen molar-refractivity contribution in [3.05, 3.63) is 42.1 Å². The summed E-state index contributed by atoms with van der Waals surface area (Å²) in [7, 11) is 0. The molecule has 0 saturated carbocycles. The van der Waals surface area contributed by atoms with Gasteiger partial charge in [-0.25, -0.2) is 0 Å². The zero-order valence-electron chi connectivity index (χ0n) is 15.8. The highest BCUT2D eigenvalue weighted by molar-refractivity contribution is 5.97. The number of amides is 2. The number of aromatic nitrogens is 1. The predicted molar refractivity (Wildman–Crippen MR) is 104 cm³/mol. The van der Waals surface area contributed by atoms with Crippen LogP contribution in [0, 0.1) is 5.92 Å². The lowest BCUT2D eigenvalue weighted by molar-refractivity contribution is -0.148. The highest BCUT2D eigenvalue weighted by Crippen LogP contribution is 2.26. The summed E-state index contributed by atoms with van der Waals surface area (Å²) in [5.74, 6) is 0.198. The first-order chi connectivity index (χ1) is 13.1. The molecule has 142 valence electrons. The Morgan fingerprint density at radius 3 is 2.96 bits per heavy atom. The van der Waals surface area contributed by atoms with Gasteiger partial charge in [-0.2, -0.15) is 0 Å². The average Bonchev–Trinajstić information content (AvgIpc) is 3.14. The lowest BCUT2D eigenvalue weighted by Gasteiger charge is -2.36. The number of hydrogen-bond donors (Lipinski definition) is 2. The zero-order chi connectivity index (χ0) is 19.0. The first-order valence-corrected chi connectivity index (χ1v) is 9.75. The minimum atomic E-state index is -0.387. The summed E-state index contributed by atoms with van der Waals surface area (Å²) in [4.78, 5) is 31.5. The molecule has 0 aliphatic carbocycles. The Labute approximate surface area is 159 Å². The van der Waals surface area contributed by atoms with E-state index in [0.29, 0.717) is 19.5 Å². The fraction of sp³-hybridized carbons (Fsp3) is 0.476. The molecule has 0 unspecified atom stereocenters. The number of benzene rings is 1. The van der Waals surface area contributed by atoms with Crippen LogP contribution in [0.4, 0.5) is 0 Å². The number of fused-ring (bicyclic) bond motifs is 2. The number of nitrogens with zero attached hydrogens (tertiary/aromatic N) is 2. The van der Waals surface area contributed by atoms with Crippen LogP contribution >= 0.6 is 0 Å². The molecule has 2 aliphatic heterocycles. The predicted octanol–water partition coefficient (Wildman–Crippen LogP) is 1.84. The maximum atomic E-state index is 12.8. The van der Waals surface area contributed by atoms with Crippen molar-refractivity contribution in [1.29, 1.82) is 0 Å². The number of carbonyl (C=O) groups excluding carboxylic acids is 2. The van der Waals surface area contributed by atoms with Gasteiger partial charge in [-0.1, -0.05) is 38.5 Å². The molecule has 2 amide bonds. The zero-order valence-corrected chi connectivity index (χ0v) is 15.8. The van der Waals surface area contributed by atoms with Crippen LogP contribution in [0.25, 0.3) is 10.9 Å². The van der Waals surface area contributed by atoms with Gasteiger partial charge in [0.1, 0.15) is 12.1 Å². The van der Waals surface area contributed by atoms with Gasteiger partial charge < -0.3 is 15.5 Å². The normalized spacial score (nSPS) is 26.1. The largest absolute Gasteiger partial charge is 0.342 e. The molecule has 2 fully saturated rings. The lowest BCUT2D eigenvalue weighted by atomic mass is 9.95. The number of carbonyl (C=O) groups is 2. The first-order valence-electron chi connectivity index (χ1n) is 9.75. The summed E-state index contributed by atoms with van der Waals surface area (Å²) in [6.45, 7) is 5.35. The van der Waals surface area contributed by atoms with Crippen molar-refractivity contribution in [3.8, 4) is 0 Å². The Morgan fingerprint density at radius 2 is 2.15 bits per heavy atom. The van der Waals surface area contributed by atoms with E-state index in [1.54, 1.807) is 11.1 Å². The fourth-order valence-corrected chi connectivity index (χ4v) is 4.16. The fourth-order valence-electron chi connectivity index (χ4n) is 4.16. The summed E-state index contributed by atoms with van der Waals surface area (Å²) in [5, 5.41) is 7.62. The van der Waals surface area contributed by atoms with Gasteiger partial charge in [0.05, 0.1) is 5.52 Å². The summed E-state index contributed by atoms with van der Waals surface area (Å²) < 4.78 is 0. The van der Waals surface area contributed by atoms with Gasteiger partial charge in [-0.3, -0.25) is 14.6 Å². The molecule has 27 heavy (non-hydrogen) atoms. The van der Waals surface area contributed by atoms with Crippen LogP contribution in [0.15, 0.2) is 36.5 Å². The molecule has 2 aliphatic rings. The number of piperazine rings is 1. The van der Waals surface area contributed by atoms with Crippen LogP contribution < -0.4 is 10.6 Å². The molecule has 0 spiro atoms. The molecule has 2 N–H and O–H groups in total. The average molecular weight is 366 g/mol. The van der Waals surface area contributed by atoms with E-state index in [4.69, 9.17) is 0 Å². The number of nitrogens with one attached hydrogen (secondary N) is 2. The maximum Gasteiger partial charge on any atom is 0.246 e. The molecule has 6 nitrogen and oxygen atoms in total. The van der Waals surface area contributed by atoms with E-state index >= 15 is 0 Å². The molecule has 4 atom stereocenters. The Hall–Kier alpha value is -2.47. The second kappa shape index (κ2) is 7.27. The molecule has 4 rings (SSSR count). The molecular formula is C21H26N4O2. The van der Waals surface area contributed by atoms with Crippen molar-refractivity contribution in [2.75, 3.05) is 6.54 Å². The van der Waals surface area contributed by atoms with Crippen molar-refractivity contribution < 1.29 is 9.59 Å². The molecule has 3 heterocycles. The third kappa shape index (κ3) is 3.30. The van der Waals surface area contributed by atoms with E-state index in [1.165, 1.54) is 5.56 Å². The number of pyridine rings is 1. The number of rotatable bonds is 5. The summed E-state index contributed by atoms with van der Waals surface area (Å²) in [5.41, 5.74) is 2.16. The molecule has 1 aromatic heterocycles. The first kappa shape index (κ1) is 17.9. The molecular weight excluding hydrogens is 340 g/mol. The van der Waals surface area contributed by atoms with E-state index < -0.39 is 0 Å². The highest BCUT2D eigenvalue weighted by atomic mass is 16.2. The van der Waals surface area contributed by atoms with Crippen LogP contribution in [0.2, 0.25) is 0 Å². The van der Waals surface area contributed by atoms with E-state index in [2.05, 4.69) is 27.8 Å². The standard InChI is InChI=1S/C21H26N4O2/c1-3-13(2)19-21(27)25-12-15(10-18(25)20(26)24-19)23-11-14-6-4-8-17-16(14)7-5-9-22-17/h4-9,13,15,18-19,23H,3,10-12H2,1-2H3,(H,24,26)/t13-,15-,18-,19-/m0/s1. The van der Waals surface area contributed by atoms with Crippen molar-refractivity contribution in [2.45, 2.75) is 51.4 Å². The molecule has 1 aromatic carbocycles. The maximum absolute atomic E-state index is 12.8. The van der Waals surface area contributed by atoms with Gasteiger partial charge in [0, 0.05) is 30.7 Å². The van der Waals surface area contributed by atoms with Gasteiger partial charge in [0.25, 0.3) is 0 Å². The van der Waals surface area contributed by atoms with Crippen molar-refractivity contribution in [1.82, 2.24) is 20.5 Å². The Bertz CT molecular complexity index is 863. The monoisotopic (exact) mass is 366 g/mol. The van der Waals surface area contributed by atoms with Crippen molar-refractivity contribution in [2.24, 2.45) is 5.92 Å². The summed E-state index contributed by atoms with van der Waals surface area (Å²) >= 11 is 0. The smallest absolute Gasteiger partial charge is 0.246 e. The molecule has 2 saturated heterocycles. The van der Waals surface area contributed by atoms with Gasteiger partial charge in [-0.05, 0) is 30.0 Å². The van der Waals surface area contributed by atoms with E-state index in [1.807, 2.05) is 32.0 Å². The van der Waals surface area contributed by atoms with Gasteiger partial charge >= 0.3 is 0 Å². The van der Waals surface area contributed by atoms with E-state index in [0.717, 1.165) is 17.3 Å². The second-order valence-electron chi connectivity index (χ2n) is 7.68. The molecule has 2 aromatic rings. The number of hydrogen-bond acceptors (Lipinski definition) is 4. The van der Waals surface area contributed by atoms with Crippen molar-refractivity contribution in [3.63, 3.8) is 0 Å². The van der Waals surface area contributed by atoms with Crippen molar-refractivity contribution >= 4 is 22.7 Å². The van der Waals surface area contributed by atoms with Crippen LogP contribution in [0.1, 0.15) is 32.3 Å². The summed E-state index contributed by atoms with van der Waals surface area (Å²) in [6, 6.07) is 9.52. The van der Waals surface area contributed by atoms with E-state index in [-0.39, 0.29) is 35.9 Å². The second-order valence-corrected chi connectivity index (χ2v) is 7.68. The minimum absolute atomic E-state index is 0.0152. The molecule has 0 radical (unpaired) electrons. The lowest BCUT2D eigenvalue weighted by Crippen LogP contribution is -2.62. The molecule has 6 heteroatoms. The summed E-state index contributed by atoms with van der Waals surface area (Å²) in [6.07, 6.45) is 3.33. The third-order valence-corrected chi connectivity index (χ3v) is 5.98. The topological polar surface area (TPSA) is 74.3 Å². The Morgan fingerprint density at radius 1 is 1.30 bits per heavy atom. The van der Waals surface area contributed by atoms with E-state index in [9.17, 15) is 9.59 Å². The third-order valence-electron chi connectivity index (χ3n) is 5.98. The van der Waals surface area contributed by atoms with Gasteiger partial charge in [0.15, 0.2) is 0 Å². The van der Waals surface area contributed by atoms with Crippen LogP contribution in [0.5, 0.6) is 0 Å². The quantitative estimate of drug-likeness (QED) is 0.847. The van der Waals surface area contributed by atoms with Crippen LogP contribution in [-0.2, 0) is 16.1 Å². The van der Waals surface area contributed by atoms with Crippen LogP contribution in [0.3, 0.4) is 0 Å².